The Kier molecular flexibility index (Phi) is 3.73. The maximum Gasteiger partial charge on any atom is 0.152 e. The van der Waals surface area contributed by atoms with Crippen LogP contribution in [0.3, 0.4) is 0 Å². The summed E-state index contributed by atoms with van der Waals surface area (Å²) in [6.45, 7) is 3.36. The van der Waals surface area contributed by atoms with Gasteiger partial charge in [0, 0.05) is 5.33 Å². The van der Waals surface area contributed by atoms with Crippen LogP contribution in [0.1, 0.15) is 17.0 Å². The van der Waals surface area contributed by atoms with Crippen LogP contribution in [-0.4, -0.2) is 9.78 Å². The van der Waals surface area contributed by atoms with E-state index in [0.717, 1.165) is 0 Å². The van der Waals surface area contributed by atoms with Crippen LogP contribution in [0.15, 0.2) is 12.1 Å². The highest BCUT2D eigenvalue weighted by atomic mass is 79.9. The smallest absolute Gasteiger partial charge is 0.152 e. The molecule has 0 N–H and O–H groups in total. The van der Waals surface area contributed by atoms with E-state index in [1.54, 1.807) is 13.8 Å². The van der Waals surface area contributed by atoms with Gasteiger partial charge >= 0.3 is 0 Å². The summed E-state index contributed by atoms with van der Waals surface area (Å²) in [4.78, 5) is 0. The number of nitrogens with zero attached hydrogens (tertiary/aromatic N) is 2. The molecule has 2 aromatic rings. The molecule has 1 aromatic carbocycles. The van der Waals surface area contributed by atoms with Crippen molar-refractivity contribution in [3.63, 3.8) is 0 Å². The molecule has 96 valence electrons. The predicted octanol–water partition coefficient (Wildman–Crippen LogP) is 4.32. The van der Waals surface area contributed by atoms with Gasteiger partial charge in [0.15, 0.2) is 11.6 Å². The van der Waals surface area contributed by atoms with Crippen LogP contribution in [0.2, 0.25) is 5.02 Å². The standard InChI is InChI=1S/C12H10BrClF2N2/c1-6-11(14)7(2)18(17-6)12-9(15)3-8(5-13)4-10(12)16/h3-4H,5H2,1-2H3. The molecule has 2 nitrogen and oxygen atoms in total. The van der Waals surface area contributed by atoms with Gasteiger partial charge in [0.05, 0.1) is 16.4 Å². The first-order chi connectivity index (χ1) is 8.45. The molecule has 0 aliphatic heterocycles. The van der Waals surface area contributed by atoms with Crippen LogP contribution in [0, 0.1) is 25.5 Å². The van der Waals surface area contributed by atoms with Crippen molar-refractivity contribution in [2.24, 2.45) is 0 Å². The number of hydrogen-bond acceptors (Lipinski definition) is 1. The molecule has 2 rings (SSSR count). The lowest BCUT2D eigenvalue weighted by molar-refractivity contribution is 0.555. The Balaban J connectivity index is 2.67. The molecular formula is C12H10BrClF2N2. The second-order valence-corrected chi connectivity index (χ2v) is 4.88. The Morgan fingerprint density at radius 2 is 1.83 bits per heavy atom. The third-order valence-corrected chi connectivity index (χ3v) is 3.84. The van der Waals surface area contributed by atoms with Gasteiger partial charge in [0.25, 0.3) is 0 Å². The Labute approximate surface area is 117 Å². The lowest BCUT2D eigenvalue weighted by Crippen LogP contribution is -2.06. The highest BCUT2D eigenvalue weighted by molar-refractivity contribution is 9.08. The van der Waals surface area contributed by atoms with Gasteiger partial charge in [-0.05, 0) is 31.5 Å². The van der Waals surface area contributed by atoms with Gasteiger partial charge in [-0.25, -0.2) is 13.5 Å². The van der Waals surface area contributed by atoms with Crippen LogP contribution in [0.25, 0.3) is 5.69 Å². The summed E-state index contributed by atoms with van der Waals surface area (Å²) in [6, 6.07) is 2.55. The maximum atomic E-state index is 13.9. The lowest BCUT2D eigenvalue weighted by Gasteiger charge is -2.08. The summed E-state index contributed by atoms with van der Waals surface area (Å²) in [5.41, 5.74) is 1.38. The summed E-state index contributed by atoms with van der Waals surface area (Å²) in [6.07, 6.45) is 0. The second kappa shape index (κ2) is 4.97. The number of halogens is 4. The number of aryl methyl sites for hydroxylation is 1. The normalized spacial score (nSPS) is 11.0. The molecule has 0 radical (unpaired) electrons. The molecule has 0 amide bonds. The van der Waals surface area contributed by atoms with Gasteiger partial charge in [0.1, 0.15) is 5.69 Å². The summed E-state index contributed by atoms with van der Waals surface area (Å²) >= 11 is 9.14. The third-order valence-electron chi connectivity index (χ3n) is 2.65. The molecule has 0 aliphatic carbocycles. The fourth-order valence-electron chi connectivity index (χ4n) is 1.74. The lowest BCUT2D eigenvalue weighted by atomic mass is 10.2. The summed E-state index contributed by atoms with van der Waals surface area (Å²) in [7, 11) is 0. The van der Waals surface area contributed by atoms with E-state index < -0.39 is 11.6 Å². The summed E-state index contributed by atoms with van der Waals surface area (Å²) in [5, 5.41) is 4.85. The molecule has 0 saturated carbocycles. The van der Waals surface area contributed by atoms with E-state index >= 15 is 0 Å². The van der Waals surface area contributed by atoms with E-state index in [4.69, 9.17) is 11.6 Å². The van der Waals surface area contributed by atoms with Gasteiger partial charge in [-0.2, -0.15) is 5.10 Å². The minimum atomic E-state index is -0.660. The Morgan fingerprint density at radius 3 is 2.22 bits per heavy atom. The van der Waals surface area contributed by atoms with Crippen LogP contribution < -0.4 is 0 Å². The first kappa shape index (κ1) is 13.5. The van der Waals surface area contributed by atoms with Crippen molar-refractivity contribution in [2.75, 3.05) is 0 Å². The molecular weight excluding hydrogens is 325 g/mol. The van der Waals surface area contributed by atoms with Crippen molar-refractivity contribution in [1.29, 1.82) is 0 Å². The van der Waals surface area contributed by atoms with Crippen molar-refractivity contribution in [2.45, 2.75) is 19.2 Å². The molecule has 0 bridgehead atoms. The fourth-order valence-corrected chi connectivity index (χ4v) is 2.18. The molecule has 0 unspecified atom stereocenters. The van der Waals surface area contributed by atoms with E-state index in [1.807, 2.05) is 0 Å². The third kappa shape index (κ3) is 2.17. The number of rotatable bonds is 2. The van der Waals surface area contributed by atoms with Gasteiger partial charge in [0.2, 0.25) is 0 Å². The van der Waals surface area contributed by atoms with E-state index in [2.05, 4.69) is 21.0 Å². The largest absolute Gasteiger partial charge is 0.230 e. The highest BCUT2D eigenvalue weighted by Gasteiger charge is 2.18. The molecule has 0 spiro atoms. The average Bonchev–Trinajstić information content (AvgIpc) is 2.56. The van der Waals surface area contributed by atoms with E-state index in [1.165, 1.54) is 16.8 Å². The second-order valence-electron chi connectivity index (χ2n) is 3.94. The van der Waals surface area contributed by atoms with Gasteiger partial charge in [-0.3, -0.25) is 0 Å². The highest BCUT2D eigenvalue weighted by Crippen LogP contribution is 2.26. The molecule has 0 saturated heterocycles. The number of hydrogen-bond donors (Lipinski definition) is 0. The zero-order chi connectivity index (χ0) is 13.4. The molecule has 0 atom stereocenters. The Hall–Kier alpha value is -0.940. The van der Waals surface area contributed by atoms with Crippen LogP contribution in [-0.2, 0) is 5.33 Å². The number of benzene rings is 1. The summed E-state index contributed by atoms with van der Waals surface area (Å²) in [5.74, 6) is -1.32. The molecule has 0 fully saturated rings. The van der Waals surface area contributed by atoms with Gasteiger partial charge in [-0.15, -0.1) is 0 Å². The summed E-state index contributed by atoms with van der Waals surface area (Å²) < 4.78 is 29.1. The first-order valence-corrected chi connectivity index (χ1v) is 6.71. The van der Waals surface area contributed by atoms with Crippen LogP contribution >= 0.6 is 27.5 Å². The predicted molar refractivity (Wildman–Crippen MR) is 70.6 cm³/mol. The average molecular weight is 336 g/mol. The molecule has 0 aliphatic rings. The Bertz CT molecular complexity index is 587. The molecule has 1 aromatic heterocycles. The van der Waals surface area contributed by atoms with Crippen LogP contribution in [0.5, 0.6) is 0 Å². The quantitative estimate of drug-likeness (QED) is 0.748. The van der Waals surface area contributed by atoms with E-state index in [9.17, 15) is 8.78 Å². The Morgan fingerprint density at radius 1 is 1.28 bits per heavy atom. The van der Waals surface area contributed by atoms with Crippen molar-refractivity contribution >= 4 is 27.5 Å². The topological polar surface area (TPSA) is 17.8 Å². The molecule has 6 heteroatoms. The van der Waals surface area contributed by atoms with Crippen LogP contribution in [0.4, 0.5) is 8.78 Å². The number of alkyl halides is 1. The van der Waals surface area contributed by atoms with Gasteiger partial charge < -0.3 is 0 Å². The molecule has 18 heavy (non-hydrogen) atoms. The fraction of sp³-hybridized carbons (Fsp3) is 0.250. The van der Waals surface area contributed by atoms with Crippen molar-refractivity contribution in [1.82, 2.24) is 9.78 Å². The van der Waals surface area contributed by atoms with Crippen molar-refractivity contribution < 1.29 is 8.78 Å². The van der Waals surface area contributed by atoms with E-state index in [-0.39, 0.29) is 5.69 Å². The minimum absolute atomic E-state index is 0.202. The zero-order valence-corrected chi connectivity index (χ0v) is 12.1. The molecule has 1 heterocycles. The van der Waals surface area contributed by atoms with Crippen molar-refractivity contribution in [3.05, 3.63) is 45.7 Å². The zero-order valence-electron chi connectivity index (χ0n) is 9.77. The minimum Gasteiger partial charge on any atom is -0.230 e. The number of aromatic nitrogens is 2. The SMILES string of the molecule is Cc1nn(-c2c(F)cc(CBr)cc2F)c(C)c1Cl. The van der Waals surface area contributed by atoms with E-state index in [0.29, 0.717) is 27.3 Å². The monoisotopic (exact) mass is 334 g/mol. The maximum absolute atomic E-state index is 13.9. The van der Waals surface area contributed by atoms with Crippen molar-refractivity contribution in [3.8, 4) is 5.69 Å². The first-order valence-electron chi connectivity index (χ1n) is 5.21. The van der Waals surface area contributed by atoms with Gasteiger partial charge in [-0.1, -0.05) is 27.5 Å².